The van der Waals surface area contributed by atoms with Gasteiger partial charge in [0.2, 0.25) is 5.91 Å². The number of thiophene rings is 1. The second kappa shape index (κ2) is 7.14. The van der Waals surface area contributed by atoms with Gasteiger partial charge in [0, 0.05) is 28.8 Å². The Morgan fingerprint density at radius 1 is 1.30 bits per heavy atom. The van der Waals surface area contributed by atoms with Crippen LogP contribution in [0.5, 0.6) is 0 Å². The van der Waals surface area contributed by atoms with Gasteiger partial charge in [-0.3, -0.25) is 4.79 Å². The second-order valence-corrected chi connectivity index (χ2v) is 12.5. The summed E-state index contributed by atoms with van der Waals surface area (Å²) in [6, 6.07) is 4.24. The van der Waals surface area contributed by atoms with Crippen molar-refractivity contribution < 1.29 is 9.53 Å². The smallest absolute Gasteiger partial charge is 0.223 e. The van der Waals surface area contributed by atoms with E-state index < -0.39 is 0 Å². The van der Waals surface area contributed by atoms with Crippen molar-refractivity contribution in [3.8, 4) is 0 Å². The third-order valence-electron chi connectivity index (χ3n) is 7.36. The van der Waals surface area contributed by atoms with Crippen LogP contribution in [-0.4, -0.2) is 34.4 Å². The van der Waals surface area contributed by atoms with Crippen LogP contribution in [0.15, 0.2) is 17.5 Å². The Bertz CT molecular complexity index is 670. The summed E-state index contributed by atoms with van der Waals surface area (Å²) in [5.74, 6) is 2.03. The molecule has 6 rings (SSSR count). The Morgan fingerprint density at radius 3 is 2.74 bits per heavy atom. The Balaban J connectivity index is 1.31. The predicted molar refractivity (Wildman–Crippen MR) is 112 cm³/mol. The molecule has 0 N–H and O–H groups in total. The average Bonchev–Trinajstić information content (AvgIpc) is 3.25. The number of hydrogen-bond acceptors (Lipinski definition) is 3. The van der Waals surface area contributed by atoms with Gasteiger partial charge in [-0.25, -0.2) is 0 Å². The van der Waals surface area contributed by atoms with Crippen LogP contribution in [-0.2, 0) is 16.1 Å². The first-order valence-electron chi connectivity index (χ1n) is 10.6. The molecule has 1 saturated heterocycles. The molecule has 5 heteroatoms. The van der Waals surface area contributed by atoms with Gasteiger partial charge in [-0.1, -0.05) is 22.0 Å². The lowest BCUT2D eigenvalue weighted by atomic mass is 9.48. The van der Waals surface area contributed by atoms with E-state index >= 15 is 0 Å². The fourth-order valence-electron chi connectivity index (χ4n) is 6.85. The minimum absolute atomic E-state index is 0.229. The number of nitrogens with zero attached hydrogens (tertiary/aromatic N) is 1. The fourth-order valence-corrected chi connectivity index (χ4v) is 9.08. The molecular formula is C22H30BrNO2S. The zero-order valence-corrected chi connectivity index (χ0v) is 18.4. The normalized spacial score (nSPS) is 39.8. The molecular weight excluding hydrogens is 422 g/mol. The van der Waals surface area contributed by atoms with Gasteiger partial charge < -0.3 is 9.64 Å². The van der Waals surface area contributed by atoms with Crippen LogP contribution in [0.1, 0.15) is 62.7 Å². The molecule has 1 aromatic rings. The lowest BCUT2D eigenvalue weighted by Gasteiger charge is -2.60. The zero-order chi connectivity index (χ0) is 18.5. The van der Waals surface area contributed by atoms with E-state index in [4.69, 9.17) is 4.74 Å². The van der Waals surface area contributed by atoms with E-state index in [0.717, 1.165) is 50.8 Å². The van der Waals surface area contributed by atoms with E-state index in [-0.39, 0.29) is 11.5 Å². The summed E-state index contributed by atoms with van der Waals surface area (Å²) >= 11 is 5.85. The van der Waals surface area contributed by atoms with Gasteiger partial charge in [-0.05, 0) is 80.1 Å². The molecule has 4 bridgehead atoms. The molecule has 4 saturated carbocycles. The Labute approximate surface area is 175 Å². The minimum atomic E-state index is 0.229. The van der Waals surface area contributed by atoms with Crippen LogP contribution in [0.4, 0.5) is 0 Å². The standard InChI is InChI=1S/C22H30BrNO2S/c23-22-10-16-7-17(11-22)9-21(8-16,15-22)12-20(25)24(13-18-3-1-5-26-18)14-19-4-2-6-27-19/h2,4,6,16-18H,1,3,5,7-15H2. The first kappa shape index (κ1) is 18.6. The fraction of sp³-hybridized carbons (Fsp3) is 0.773. The summed E-state index contributed by atoms with van der Waals surface area (Å²) in [5.41, 5.74) is 0.245. The molecule has 0 spiro atoms. The number of hydrogen-bond donors (Lipinski definition) is 0. The summed E-state index contributed by atoms with van der Waals surface area (Å²) in [6.07, 6.45) is 11.0. The number of rotatable bonds is 6. The number of alkyl halides is 1. The average molecular weight is 452 g/mol. The molecule has 3 atom stereocenters. The van der Waals surface area contributed by atoms with Crippen molar-refractivity contribution in [3.63, 3.8) is 0 Å². The molecule has 27 heavy (non-hydrogen) atoms. The van der Waals surface area contributed by atoms with E-state index in [0.29, 0.717) is 10.2 Å². The van der Waals surface area contributed by atoms with Crippen molar-refractivity contribution in [2.24, 2.45) is 17.3 Å². The van der Waals surface area contributed by atoms with Crippen molar-refractivity contribution in [2.75, 3.05) is 13.2 Å². The lowest BCUT2D eigenvalue weighted by molar-refractivity contribution is -0.140. The third-order valence-corrected chi connectivity index (χ3v) is 9.15. The van der Waals surface area contributed by atoms with Gasteiger partial charge in [-0.15, -0.1) is 11.3 Å². The highest BCUT2D eigenvalue weighted by molar-refractivity contribution is 9.10. The highest BCUT2D eigenvalue weighted by atomic mass is 79.9. The van der Waals surface area contributed by atoms with Crippen molar-refractivity contribution in [3.05, 3.63) is 22.4 Å². The molecule has 1 amide bonds. The molecule has 1 aromatic heterocycles. The second-order valence-electron chi connectivity index (χ2n) is 9.78. The summed E-state index contributed by atoms with van der Waals surface area (Å²) in [5, 5.41) is 2.11. The quantitative estimate of drug-likeness (QED) is 0.543. The van der Waals surface area contributed by atoms with E-state index in [1.807, 2.05) is 0 Å². The zero-order valence-electron chi connectivity index (χ0n) is 16.0. The van der Waals surface area contributed by atoms with Crippen LogP contribution in [0, 0.1) is 17.3 Å². The minimum Gasteiger partial charge on any atom is -0.376 e. The SMILES string of the molecule is O=C(CC12CC3CC(CC(Br)(C3)C1)C2)N(Cc1cccs1)CC1CCCO1. The number of halogens is 1. The predicted octanol–water partition coefficient (Wildman–Crippen LogP) is 5.38. The molecule has 0 radical (unpaired) electrons. The summed E-state index contributed by atoms with van der Waals surface area (Å²) in [6.45, 7) is 2.36. The largest absolute Gasteiger partial charge is 0.376 e. The van der Waals surface area contributed by atoms with Gasteiger partial charge in [0.1, 0.15) is 0 Å². The van der Waals surface area contributed by atoms with Crippen molar-refractivity contribution in [1.29, 1.82) is 0 Å². The van der Waals surface area contributed by atoms with Crippen LogP contribution in [0.25, 0.3) is 0 Å². The first-order chi connectivity index (χ1) is 13.0. The molecule has 148 valence electrons. The van der Waals surface area contributed by atoms with Crippen molar-refractivity contribution >= 4 is 33.2 Å². The molecule has 3 unspecified atom stereocenters. The van der Waals surface area contributed by atoms with E-state index in [1.165, 1.54) is 43.4 Å². The molecule has 1 aliphatic heterocycles. The van der Waals surface area contributed by atoms with Gasteiger partial charge >= 0.3 is 0 Å². The topological polar surface area (TPSA) is 29.5 Å². The number of carbonyl (C=O) groups is 1. The molecule has 0 aromatic carbocycles. The number of ether oxygens (including phenoxy) is 1. The lowest BCUT2D eigenvalue weighted by Crippen LogP contribution is -2.54. The van der Waals surface area contributed by atoms with E-state index in [1.54, 1.807) is 11.3 Å². The number of amides is 1. The van der Waals surface area contributed by atoms with Crippen molar-refractivity contribution in [1.82, 2.24) is 4.90 Å². The van der Waals surface area contributed by atoms with Gasteiger partial charge in [0.15, 0.2) is 0 Å². The number of carbonyl (C=O) groups excluding carboxylic acids is 1. The van der Waals surface area contributed by atoms with Crippen molar-refractivity contribution in [2.45, 2.75) is 74.8 Å². The summed E-state index contributed by atoms with van der Waals surface area (Å²) in [4.78, 5) is 16.9. The summed E-state index contributed by atoms with van der Waals surface area (Å²) in [7, 11) is 0. The molecule has 2 heterocycles. The molecule has 4 aliphatic carbocycles. The van der Waals surface area contributed by atoms with Gasteiger partial charge in [0.05, 0.1) is 12.6 Å². The van der Waals surface area contributed by atoms with Crippen LogP contribution >= 0.6 is 27.3 Å². The van der Waals surface area contributed by atoms with Gasteiger partial charge in [-0.2, -0.15) is 0 Å². The Morgan fingerprint density at radius 2 is 2.11 bits per heavy atom. The highest BCUT2D eigenvalue weighted by Crippen LogP contribution is 2.65. The molecule has 5 aliphatic rings. The highest BCUT2D eigenvalue weighted by Gasteiger charge is 2.57. The monoisotopic (exact) mass is 451 g/mol. The Kier molecular flexibility index (Phi) is 4.93. The van der Waals surface area contributed by atoms with E-state index in [2.05, 4.69) is 38.3 Å². The van der Waals surface area contributed by atoms with Crippen LogP contribution < -0.4 is 0 Å². The maximum absolute atomic E-state index is 13.5. The molecule has 5 fully saturated rings. The Hall–Kier alpha value is -0.390. The van der Waals surface area contributed by atoms with Gasteiger partial charge in [0.25, 0.3) is 0 Å². The molecule has 3 nitrogen and oxygen atoms in total. The third kappa shape index (κ3) is 3.89. The van der Waals surface area contributed by atoms with Crippen LogP contribution in [0.3, 0.4) is 0 Å². The van der Waals surface area contributed by atoms with Crippen LogP contribution in [0.2, 0.25) is 0 Å². The maximum Gasteiger partial charge on any atom is 0.223 e. The maximum atomic E-state index is 13.5. The van der Waals surface area contributed by atoms with E-state index in [9.17, 15) is 4.79 Å². The first-order valence-corrected chi connectivity index (χ1v) is 12.3. The summed E-state index contributed by atoms with van der Waals surface area (Å²) < 4.78 is 6.19.